The first-order chi connectivity index (χ1) is 13.9. The lowest BCUT2D eigenvalue weighted by molar-refractivity contribution is -0.134. The van der Waals surface area contributed by atoms with Crippen molar-refractivity contribution in [3.63, 3.8) is 0 Å². The van der Waals surface area contributed by atoms with E-state index in [4.69, 9.17) is 0 Å². The summed E-state index contributed by atoms with van der Waals surface area (Å²) in [4.78, 5) is 27.3. The highest BCUT2D eigenvalue weighted by Gasteiger charge is 2.53. The molecule has 0 saturated heterocycles. The topological polar surface area (TPSA) is 49.4 Å². The number of hydrogen-bond acceptors (Lipinski definition) is 2. The minimum absolute atomic E-state index is 0.0615. The number of nitrogens with one attached hydrogen (secondary N) is 1. The fourth-order valence-electron chi connectivity index (χ4n) is 7.59. The summed E-state index contributed by atoms with van der Waals surface area (Å²) in [6, 6.07) is 8.38. The Balaban J connectivity index is 1.30. The van der Waals surface area contributed by atoms with Gasteiger partial charge in [-0.1, -0.05) is 24.3 Å². The number of hydrogen-bond donors (Lipinski definition) is 1. The molecule has 1 aromatic rings. The zero-order valence-corrected chi connectivity index (χ0v) is 17.8. The van der Waals surface area contributed by atoms with Crippen LogP contribution < -0.4 is 5.32 Å². The molecule has 4 nitrogen and oxygen atoms in total. The Kier molecular flexibility index (Phi) is 4.71. The number of carbonyl (C=O) groups excluding carboxylic acids is 2. The summed E-state index contributed by atoms with van der Waals surface area (Å²) in [5.74, 6) is 2.82. The van der Waals surface area contributed by atoms with Crippen LogP contribution in [0.1, 0.15) is 76.0 Å². The second-order valence-corrected chi connectivity index (χ2v) is 10.5. The molecule has 29 heavy (non-hydrogen) atoms. The number of benzene rings is 1. The van der Waals surface area contributed by atoms with Gasteiger partial charge in [0.25, 0.3) is 0 Å². The summed E-state index contributed by atoms with van der Waals surface area (Å²) in [5, 5.41) is 3.40. The van der Waals surface area contributed by atoms with Crippen LogP contribution in [-0.4, -0.2) is 29.3 Å². The lowest BCUT2D eigenvalue weighted by atomic mass is 9.48. The van der Waals surface area contributed by atoms with E-state index < -0.39 is 0 Å². The van der Waals surface area contributed by atoms with Gasteiger partial charge in [0.15, 0.2) is 0 Å². The van der Waals surface area contributed by atoms with Crippen LogP contribution >= 0.6 is 0 Å². The Morgan fingerprint density at radius 3 is 2.34 bits per heavy atom. The average Bonchev–Trinajstić information content (AvgIpc) is 2.67. The third kappa shape index (κ3) is 3.39. The maximum Gasteiger partial charge on any atom is 0.222 e. The van der Waals surface area contributed by atoms with Gasteiger partial charge in [-0.3, -0.25) is 9.59 Å². The van der Waals surface area contributed by atoms with Crippen LogP contribution in [0.4, 0.5) is 0 Å². The molecule has 4 heteroatoms. The van der Waals surface area contributed by atoms with E-state index in [2.05, 4.69) is 30.4 Å². The minimum Gasteiger partial charge on any atom is -0.353 e. The SMILES string of the molecule is CC(=O)N1CCc2ccccc2C1CC(=O)NC(C)C12CC3CC(CC(C3)C1)C2. The van der Waals surface area contributed by atoms with Crippen molar-refractivity contribution in [2.45, 2.75) is 77.3 Å². The number of fused-ring (bicyclic) bond motifs is 1. The zero-order valence-electron chi connectivity index (χ0n) is 17.8. The van der Waals surface area contributed by atoms with Crippen molar-refractivity contribution in [1.29, 1.82) is 0 Å². The van der Waals surface area contributed by atoms with Gasteiger partial charge in [0.2, 0.25) is 11.8 Å². The fourth-order valence-corrected chi connectivity index (χ4v) is 7.59. The van der Waals surface area contributed by atoms with E-state index in [-0.39, 0.29) is 23.9 Å². The molecule has 4 aliphatic carbocycles. The van der Waals surface area contributed by atoms with Crippen LogP contribution in [-0.2, 0) is 16.0 Å². The van der Waals surface area contributed by atoms with Crippen molar-refractivity contribution in [1.82, 2.24) is 10.2 Å². The minimum atomic E-state index is -0.138. The third-order valence-corrected chi connectivity index (χ3v) is 8.58. The molecule has 6 rings (SSSR count). The molecule has 2 unspecified atom stereocenters. The summed E-state index contributed by atoms with van der Waals surface area (Å²) < 4.78 is 0. The monoisotopic (exact) mass is 394 g/mol. The number of nitrogens with zero attached hydrogens (tertiary/aromatic N) is 1. The summed E-state index contributed by atoms with van der Waals surface area (Å²) in [5.41, 5.74) is 2.73. The predicted octanol–water partition coefficient (Wildman–Crippen LogP) is 4.24. The van der Waals surface area contributed by atoms with Gasteiger partial charge in [-0.25, -0.2) is 0 Å². The van der Waals surface area contributed by atoms with Gasteiger partial charge in [0, 0.05) is 19.5 Å². The van der Waals surface area contributed by atoms with Crippen LogP contribution in [0.5, 0.6) is 0 Å². The van der Waals surface area contributed by atoms with Crippen molar-refractivity contribution < 1.29 is 9.59 Å². The van der Waals surface area contributed by atoms with Gasteiger partial charge in [0.1, 0.15) is 0 Å². The highest BCUT2D eigenvalue weighted by atomic mass is 16.2. The van der Waals surface area contributed by atoms with Crippen molar-refractivity contribution in [3.8, 4) is 0 Å². The van der Waals surface area contributed by atoms with E-state index in [0.717, 1.165) is 29.7 Å². The van der Waals surface area contributed by atoms with Gasteiger partial charge < -0.3 is 10.2 Å². The van der Waals surface area contributed by atoms with Crippen molar-refractivity contribution >= 4 is 11.8 Å². The van der Waals surface area contributed by atoms with E-state index in [1.54, 1.807) is 6.92 Å². The van der Waals surface area contributed by atoms with Crippen LogP contribution in [0.15, 0.2) is 24.3 Å². The van der Waals surface area contributed by atoms with Gasteiger partial charge in [-0.15, -0.1) is 0 Å². The Morgan fingerprint density at radius 1 is 1.10 bits per heavy atom. The molecule has 0 spiro atoms. The van der Waals surface area contributed by atoms with Gasteiger partial charge >= 0.3 is 0 Å². The molecule has 156 valence electrons. The molecule has 1 aromatic carbocycles. The molecule has 1 N–H and O–H groups in total. The van der Waals surface area contributed by atoms with Gasteiger partial charge in [-0.05, 0) is 86.2 Å². The van der Waals surface area contributed by atoms with E-state index in [1.165, 1.54) is 44.1 Å². The average molecular weight is 395 g/mol. The summed E-state index contributed by atoms with van der Waals surface area (Å²) in [6.07, 6.45) is 9.40. The summed E-state index contributed by atoms with van der Waals surface area (Å²) >= 11 is 0. The Labute approximate surface area is 174 Å². The molecule has 4 saturated carbocycles. The van der Waals surface area contributed by atoms with Crippen LogP contribution in [0.3, 0.4) is 0 Å². The Hall–Kier alpha value is -1.84. The molecular formula is C25H34N2O2. The maximum atomic E-state index is 13.1. The lowest BCUT2D eigenvalue weighted by Gasteiger charge is -2.59. The normalized spacial score (nSPS) is 35.9. The molecule has 2 amide bonds. The van der Waals surface area contributed by atoms with E-state index in [0.29, 0.717) is 18.4 Å². The quantitative estimate of drug-likeness (QED) is 0.830. The molecule has 0 aromatic heterocycles. The van der Waals surface area contributed by atoms with Crippen molar-refractivity contribution in [2.24, 2.45) is 23.2 Å². The molecule has 4 fully saturated rings. The first-order valence-corrected chi connectivity index (χ1v) is 11.6. The second kappa shape index (κ2) is 7.14. The third-order valence-electron chi connectivity index (χ3n) is 8.58. The first-order valence-electron chi connectivity index (χ1n) is 11.6. The number of amides is 2. The predicted molar refractivity (Wildman–Crippen MR) is 113 cm³/mol. The summed E-state index contributed by atoms with van der Waals surface area (Å²) in [6.45, 7) is 4.56. The van der Waals surface area contributed by atoms with E-state index in [9.17, 15) is 9.59 Å². The summed E-state index contributed by atoms with van der Waals surface area (Å²) in [7, 11) is 0. The maximum absolute atomic E-state index is 13.1. The van der Waals surface area contributed by atoms with Crippen LogP contribution in [0.25, 0.3) is 0 Å². The van der Waals surface area contributed by atoms with Crippen molar-refractivity contribution in [2.75, 3.05) is 6.54 Å². The van der Waals surface area contributed by atoms with Crippen molar-refractivity contribution in [3.05, 3.63) is 35.4 Å². The fraction of sp³-hybridized carbons (Fsp3) is 0.680. The smallest absolute Gasteiger partial charge is 0.222 e. The van der Waals surface area contributed by atoms with Gasteiger partial charge in [-0.2, -0.15) is 0 Å². The van der Waals surface area contributed by atoms with E-state index in [1.807, 2.05) is 11.0 Å². The first kappa shape index (κ1) is 19.1. The molecule has 4 bridgehead atoms. The highest BCUT2D eigenvalue weighted by Crippen LogP contribution is 2.61. The second-order valence-electron chi connectivity index (χ2n) is 10.5. The number of carbonyl (C=O) groups is 2. The molecule has 1 heterocycles. The van der Waals surface area contributed by atoms with Crippen LogP contribution in [0.2, 0.25) is 0 Å². The van der Waals surface area contributed by atoms with Gasteiger partial charge in [0.05, 0.1) is 12.5 Å². The highest BCUT2D eigenvalue weighted by molar-refractivity contribution is 5.80. The lowest BCUT2D eigenvalue weighted by Crippen LogP contribution is -2.56. The zero-order chi connectivity index (χ0) is 20.2. The standard InChI is InChI=1S/C25H34N2O2/c1-16(25-13-18-9-19(14-25)11-20(10-18)15-25)26-24(29)12-23-22-6-4-3-5-21(22)7-8-27(23)17(2)28/h3-6,16,18-20,23H,7-15H2,1-2H3,(H,26,29). The van der Waals surface area contributed by atoms with Crippen LogP contribution in [0, 0.1) is 23.2 Å². The molecule has 1 aliphatic heterocycles. The largest absolute Gasteiger partial charge is 0.353 e. The van der Waals surface area contributed by atoms with E-state index >= 15 is 0 Å². The Bertz CT molecular complexity index is 782. The molecular weight excluding hydrogens is 360 g/mol. The molecule has 0 radical (unpaired) electrons. The Morgan fingerprint density at radius 2 is 1.72 bits per heavy atom. The molecule has 5 aliphatic rings. The number of rotatable bonds is 4. The molecule has 2 atom stereocenters.